The molecule has 1 heterocycles. The van der Waals surface area contributed by atoms with Crippen LogP contribution in [0.3, 0.4) is 0 Å². The maximum Gasteiger partial charge on any atom is 0.326 e. The first kappa shape index (κ1) is 30.6. The minimum atomic E-state index is -1.15. The minimum Gasteiger partial charge on any atom is -0.480 e. The number of hydrogen-bond acceptors (Lipinski definition) is 6. The number of rotatable bonds is 9. The van der Waals surface area contributed by atoms with Gasteiger partial charge in [-0.3, -0.25) is 9.59 Å². The maximum absolute atomic E-state index is 12.5. The second-order valence-electron chi connectivity index (χ2n) is 14.2. The molecule has 4 saturated carbocycles. The molecule has 10 nitrogen and oxygen atoms in total. The van der Waals surface area contributed by atoms with Gasteiger partial charge in [0.15, 0.2) is 6.61 Å². The molecule has 0 radical (unpaired) electrons. The van der Waals surface area contributed by atoms with Crippen molar-refractivity contribution in [3.63, 3.8) is 0 Å². The molecule has 6 rings (SSSR count). The first-order chi connectivity index (χ1) is 21.1. The van der Waals surface area contributed by atoms with E-state index in [-0.39, 0.29) is 36.5 Å². The molecular weight excluding hydrogens is 560 g/mol. The number of carboxylic acid groups (broad SMARTS) is 1. The van der Waals surface area contributed by atoms with E-state index in [9.17, 15) is 24.6 Å². The Morgan fingerprint density at radius 3 is 2.66 bits per heavy atom. The van der Waals surface area contributed by atoms with Crippen molar-refractivity contribution < 1.29 is 29.4 Å². The van der Waals surface area contributed by atoms with E-state index in [1.54, 1.807) is 6.20 Å². The molecule has 1 aromatic carbocycles. The van der Waals surface area contributed by atoms with Crippen LogP contribution < -0.4 is 10.6 Å². The Hall–Kier alpha value is -3.40. The Labute approximate surface area is 258 Å². The first-order valence-electron chi connectivity index (χ1n) is 16.3. The number of aromatic nitrogens is 1. The molecule has 44 heavy (non-hydrogen) atoms. The zero-order valence-electron chi connectivity index (χ0n) is 25.8. The number of aliphatic hydroxyl groups is 1. The van der Waals surface area contributed by atoms with Gasteiger partial charge in [0.2, 0.25) is 5.91 Å². The highest BCUT2D eigenvalue weighted by Gasteiger charge is 2.59. The van der Waals surface area contributed by atoms with Gasteiger partial charge in [0.1, 0.15) is 6.04 Å². The Kier molecular flexibility index (Phi) is 8.48. The summed E-state index contributed by atoms with van der Waals surface area (Å²) in [6.07, 6.45) is 11.4. The number of hydrogen-bond donors (Lipinski definition) is 5. The number of aliphatic carboxylic acids is 1. The van der Waals surface area contributed by atoms with Gasteiger partial charge >= 0.3 is 5.97 Å². The van der Waals surface area contributed by atoms with Gasteiger partial charge in [-0.1, -0.05) is 37.2 Å². The Bertz CT molecular complexity index is 1440. The number of para-hydroxylation sites is 1. The minimum absolute atomic E-state index is 0.0939. The number of amides is 2. The fourth-order valence-electron chi connectivity index (χ4n) is 9.49. The standard InChI is InChI=1S/C34H46N4O6/c1-33-13-11-22(16-21(33)7-8-24-25-9-10-29(39)34(25,2)14-12-26(24)33)38-44-19-31(41)36-18-30(40)37-28(32(42)43)15-20-17-35-27-6-4-3-5-23(20)27/h3-6,17,21,24-26,28-29,35,39H,7-16,18-19H2,1-2H3,(H,36,41)(H,37,40)(H,42,43)/b38-22+/t21-,24+,25+,26+,28+,29-,33+,34+/m1/s1. The topological polar surface area (TPSA) is 153 Å². The smallest absolute Gasteiger partial charge is 0.326 e. The van der Waals surface area contributed by atoms with Crippen LogP contribution in [0.2, 0.25) is 0 Å². The van der Waals surface area contributed by atoms with Crippen molar-refractivity contribution in [3.8, 4) is 0 Å². The number of aromatic amines is 1. The summed E-state index contributed by atoms with van der Waals surface area (Å²) >= 11 is 0. The van der Waals surface area contributed by atoms with Crippen molar-refractivity contribution in [1.29, 1.82) is 0 Å². The zero-order chi connectivity index (χ0) is 31.1. The Balaban J connectivity index is 0.951. The van der Waals surface area contributed by atoms with E-state index >= 15 is 0 Å². The molecule has 2 amide bonds. The lowest BCUT2D eigenvalue weighted by Gasteiger charge is -2.60. The molecule has 8 atom stereocenters. The van der Waals surface area contributed by atoms with Gasteiger partial charge in [0.25, 0.3) is 5.91 Å². The third kappa shape index (κ3) is 5.73. The average Bonchev–Trinajstić information content (AvgIpc) is 3.55. The summed E-state index contributed by atoms with van der Waals surface area (Å²) < 4.78 is 0. The Morgan fingerprint density at radius 1 is 1.05 bits per heavy atom. The number of oxime groups is 1. The SMILES string of the molecule is C[C@]12CC/C(=N\OCC(=O)NCC(=O)N[C@@H](Cc3c[nH]c4ccccc34)C(=O)O)C[C@H]1CC[C@@H]1[C@@H]2CC[C@]2(C)[C@H](O)CC[C@@H]12. The summed E-state index contributed by atoms with van der Waals surface area (Å²) in [7, 11) is 0. The summed E-state index contributed by atoms with van der Waals surface area (Å²) in [6, 6.07) is 6.44. The molecule has 1 aromatic heterocycles. The predicted molar refractivity (Wildman–Crippen MR) is 166 cm³/mol. The third-order valence-electron chi connectivity index (χ3n) is 12.0. The van der Waals surface area contributed by atoms with Crippen LogP contribution in [0, 0.1) is 34.5 Å². The largest absolute Gasteiger partial charge is 0.480 e. The summed E-state index contributed by atoms with van der Waals surface area (Å²) in [6.45, 7) is 4.15. The molecule has 0 bridgehead atoms. The molecule has 2 aromatic rings. The number of H-pyrrole nitrogens is 1. The van der Waals surface area contributed by atoms with Gasteiger partial charge in [0, 0.05) is 23.5 Å². The summed E-state index contributed by atoms with van der Waals surface area (Å²) in [5, 5.41) is 30.6. The maximum atomic E-state index is 12.5. The van der Waals surface area contributed by atoms with E-state index in [2.05, 4.69) is 34.6 Å². The molecule has 0 unspecified atom stereocenters. The van der Waals surface area contributed by atoms with Crippen molar-refractivity contribution in [3.05, 3.63) is 36.0 Å². The molecule has 4 aliphatic rings. The van der Waals surface area contributed by atoms with E-state index in [0.29, 0.717) is 23.7 Å². The van der Waals surface area contributed by atoms with Crippen LogP contribution in [-0.2, 0) is 25.6 Å². The summed E-state index contributed by atoms with van der Waals surface area (Å²) in [5.41, 5.74) is 3.05. The van der Waals surface area contributed by atoms with Gasteiger partial charge in [-0.15, -0.1) is 0 Å². The fourth-order valence-corrected chi connectivity index (χ4v) is 9.49. The van der Waals surface area contributed by atoms with Gasteiger partial charge in [-0.25, -0.2) is 4.79 Å². The highest BCUT2D eigenvalue weighted by atomic mass is 16.6. The molecule has 5 N–H and O–H groups in total. The van der Waals surface area contributed by atoms with Crippen LogP contribution in [0.25, 0.3) is 10.9 Å². The number of fused-ring (bicyclic) bond motifs is 6. The Morgan fingerprint density at radius 2 is 1.84 bits per heavy atom. The van der Waals surface area contributed by atoms with Gasteiger partial charge in [0.05, 0.1) is 18.4 Å². The van der Waals surface area contributed by atoms with Crippen molar-refractivity contribution >= 4 is 34.4 Å². The van der Waals surface area contributed by atoms with Crippen LogP contribution >= 0.6 is 0 Å². The van der Waals surface area contributed by atoms with Crippen LogP contribution in [0.4, 0.5) is 0 Å². The number of carboxylic acids is 1. The molecular formula is C34H46N4O6. The predicted octanol–water partition coefficient (Wildman–Crippen LogP) is 4.17. The number of carbonyl (C=O) groups excluding carboxylic acids is 2. The average molecular weight is 607 g/mol. The quantitative estimate of drug-likeness (QED) is 0.270. The normalized spacial score (nSPS) is 34.4. The summed E-state index contributed by atoms with van der Waals surface area (Å²) in [5.74, 6) is 0.383. The van der Waals surface area contributed by atoms with E-state index in [1.165, 1.54) is 19.3 Å². The molecule has 238 valence electrons. The second-order valence-corrected chi connectivity index (χ2v) is 14.2. The number of benzene rings is 1. The number of carbonyl (C=O) groups is 3. The lowest BCUT2D eigenvalue weighted by atomic mass is 9.45. The van der Waals surface area contributed by atoms with E-state index in [4.69, 9.17) is 4.84 Å². The first-order valence-corrected chi connectivity index (χ1v) is 16.3. The summed E-state index contributed by atoms with van der Waals surface area (Å²) in [4.78, 5) is 45.2. The van der Waals surface area contributed by atoms with Crippen molar-refractivity contribution in [1.82, 2.24) is 15.6 Å². The molecule has 10 heteroatoms. The monoisotopic (exact) mass is 606 g/mol. The van der Waals surface area contributed by atoms with Crippen molar-refractivity contribution in [2.45, 2.75) is 90.2 Å². The zero-order valence-corrected chi connectivity index (χ0v) is 25.8. The van der Waals surface area contributed by atoms with E-state index in [0.717, 1.165) is 60.7 Å². The molecule has 0 aliphatic heterocycles. The second kappa shape index (κ2) is 12.2. The van der Waals surface area contributed by atoms with Crippen molar-refractivity contribution in [2.75, 3.05) is 13.2 Å². The number of aliphatic hydroxyl groups excluding tert-OH is 1. The molecule has 4 aliphatic carbocycles. The fraction of sp³-hybridized carbons (Fsp3) is 0.647. The number of nitrogens with one attached hydrogen (secondary N) is 3. The highest BCUT2D eigenvalue weighted by Crippen LogP contribution is 2.66. The van der Waals surface area contributed by atoms with Gasteiger partial charge < -0.3 is 30.7 Å². The van der Waals surface area contributed by atoms with Gasteiger partial charge in [-0.2, -0.15) is 0 Å². The van der Waals surface area contributed by atoms with Crippen molar-refractivity contribution in [2.24, 2.45) is 39.7 Å². The van der Waals surface area contributed by atoms with Gasteiger partial charge in [-0.05, 0) is 104 Å². The highest BCUT2D eigenvalue weighted by molar-refractivity contribution is 5.89. The van der Waals surface area contributed by atoms with Crippen LogP contribution in [-0.4, -0.2) is 64.0 Å². The lowest BCUT2D eigenvalue weighted by molar-refractivity contribution is -0.141. The lowest BCUT2D eigenvalue weighted by Crippen LogP contribution is -2.54. The molecule has 4 fully saturated rings. The van der Waals surface area contributed by atoms with E-state index in [1.807, 2.05) is 24.3 Å². The molecule has 0 spiro atoms. The molecule has 0 saturated heterocycles. The third-order valence-corrected chi connectivity index (χ3v) is 12.0. The van der Waals surface area contributed by atoms with Crippen LogP contribution in [0.15, 0.2) is 35.6 Å². The van der Waals surface area contributed by atoms with Crippen LogP contribution in [0.5, 0.6) is 0 Å². The number of nitrogens with zero attached hydrogens (tertiary/aromatic N) is 1. The van der Waals surface area contributed by atoms with E-state index < -0.39 is 23.8 Å². The van der Waals surface area contributed by atoms with Crippen LogP contribution in [0.1, 0.15) is 77.2 Å².